The quantitative estimate of drug-likeness (QED) is 0.615. The van der Waals surface area contributed by atoms with E-state index in [2.05, 4.69) is 29.4 Å². The minimum absolute atomic E-state index is 0.00290. The van der Waals surface area contributed by atoms with Crippen LogP contribution < -0.4 is 10.6 Å². The molecule has 2 unspecified atom stereocenters. The lowest BCUT2D eigenvalue weighted by Crippen LogP contribution is -2.41. The molecule has 6 heteroatoms. The van der Waals surface area contributed by atoms with Gasteiger partial charge in [-0.1, -0.05) is 61.8 Å². The Hall–Kier alpha value is -2.37. The van der Waals surface area contributed by atoms with E-state index in [4.69, 9.17) is 11.6 Å². The summed E-state index contributed by atoms with van der Waals surface area (Å²) in [5.74, 6) is -0.280. The Bertz CT molecular complexity index is 794. The smallest absolute Gasteiger partial charge is 0.251 e. The van der Waals surface area contributed by atoms with Crippen molar-refractivity contribution in [2.24, 2.45) is 0 Å². The van der Waals surface area contributed by atoms with Gasteiger partial charge in [0.25, 0.3) is 5.91 Å². The van der Waals surface area contributed by atoms with Crippen molar-refractivity contribution in [3.05, 3.63) is 70.7 Å². The zero-order chi connectivity index (χ0) is 21.2. The van der Waals surface area contributed by atoms with Gasteiger partial charge in [-0.25, -0.2) is 0 Å². The van der Waals surface area contributed by atoms with E-state index in [9.17, 15) is 9.59 Å². The molecule has 0 bridgehead atoms. The van der Waals surface area contributed by atoms with Crippen molar-refractivity contribution < 1.29 is 9.59 Å². The normalized spacial score (nSPS) is 13.0. The number of halogens is 1. The van der Waals surface area contributed by atoms with Crippen molar-refractivity contribution in [2.75, 3.05) is 19.6 Å². The summed E-state index contributed by atoms with van der Waals surface area (Å²) in [6, 6.07) is 16.5. The zero-order valence-electron chi connectivity index (χ0n) is 17.3. The molecule has 2 N–H and O–H groups in total. The number of carbonyl (C=O) groups excluding carboxylic acids is 2. The number of benzene rings is 2. The molecule has 156 valence electrons. The first kappa shape index (κ1) is 22.9. The van der Waals surface area contributed by atoms with Gasteiger partial charge >= 0.3 is 0 Å². The third-order valence-corrected chi connectivity index (χ3v) is 5.26. The molecule has 2 aromatic carbocycles. The van der Waals surface area contributed by atoms with Crippen molar-refractivity contribution in [3.8, 4) is 0 Å². The molecule has 0 aliphatic heterocycles. The molecule has 0 radical (unpaired) electrons. The van der Waals surface area contributed by atoms with Gasteiger partial charge in [0.1, 0.15) is 0 Å². The first-order valence-corrected chi connectivity index (χ1v) is 10.4. The van der Waals surface area contributed by atoms with Crippen molar-refractivity contribution in [1.29, 1.82) is 0 Å². The summed E-state index contributed by atoms with van der Waals surface area (Å²) in [4.78, 5) is 27.0. The molecule has 0 aliphatic carbocycles. The maximum Gasteiger partial charge on any atom is 0.251 e. The monoisotopic (exact) mass is 415 g/mol. The van der Waals surface area contributed by atoms with Crippen LogP contribution in [0.15, 0.2) is 54.6 Å². The summed E-state index contributed by atoms with van der Waals surface area (Å²) in [6.45, 7) is 8.18. The Labute approximate surface area is 178 Å². The molecule has 0 heterocycles. The summed E-state index contributed by atoms with van der Waals surface area (Å²) in [5.41, 5.74) is 1.59. The Morgan fingerprint density at radius 2 is 1.62 bits per heavy atom. The summed E-state index contributed by atoms with van der Waals surface area (Å²) in [6.07, 6.45) is 0.214. The van der Waals surface area contributed by atoms with E-state index >= 15 is 0 Å². The van der Waals surface area contributed by atoms with Gasteiger partial charge in [0.05, 0.1) is 6.04 Å². The van der Waals surface area contributed by atoms with Crippen LogP contribution in [-0.2, 0) is 4.79 Å². The third-order valence-electron chi connectivity index (χ3n) is 4.91. The molecular weight excluding hydrogens is 386 g/mol. The molecule has 0 aromatic heterocycles. The highest BCUT2D eigenvalue weighted by molar-refractivity contribution is 6.31. The van der Waals surface area contributed by atoms with Gasteiger partial charge in [-0.3, -0.25) is 14.5 Å². The van der Waals surface area contributed by atoms with E-state index in [0.29, 0.717) is 17.1 Å². The number of amides is 2. The molecule has 0 saturated carbocycles. The minimum atomic E-state index is -0.269. The maximum absolute atomic E-state index is 12.5. The number of carbonyl (C=O) groups is 2. The molecule has 0 aliphatic rings. The van der Waals surface area contributed by atoms with Gasteiger partial charge in [-0.2, -0.15) is 0 Å². The van der Waals surface area contributed by atoms with E-state index < -0.39 is 0 Å². The van der Waals surface area contributed by atoms with E-state index in [1.54, 1.807) is 12.1 Å². The van der Waals surface area contributed by atoms with Crippen LogP contribution in [0.2, 0.25) is 5.02 Å². The van der Waals surface area contributed by atoms with Crippen molar-refractivity contribution in [1.82, 2.24) is 15.5 Å². The summed E-state index contributed by atoms with van der Waals surface area (Å²) >= 11 is 6.41. The highest BCUT2D eigenvalue weighted by atomic mass is 35.5. The number of hydrogen-bond donors (Lipinski definition) is 2. The van der Waals surface area contributed by atoms with Gasteiger partial charge in [-0.15, -0.1) is 0 Å². The SMILES string of the molecule is CCN(CC)C(CNC(=O)CC(C)NC(=O)c1ccccc1)c1ccccc1Cl. The number of likely N-dealkylation sites (N-methyl/N-ethyl adjacent to an activating group) is 1. The van der Waals surface area contributed by atoms with Crippen LogP contribution in [-0.4, -0.2) is 42.4 Å². The average Bonchev–Trinajstić information content (AvgIpc) is 2.72. The van der Waals surface area contributed by atoms with Crippen molar-refractivity contribution in [2.45, 2.75) is 39.3 Å². The molecule has 0 saturated heterocycles. The fourth-order valence-corrected chi connectivity index (χ4v) is 3.62. The van der Waals surface area contributed by atoms with Crippen LogP contribution in [0.3, 0.4) is 0 Å². The Balaban J connectivity index is 1.94. The fraction of sp³-hybridized carbons (Fsp3) is 0.391. The van der Waals surface area contributed by atoms with Crippen LogP contribution in [0.25, 0.3) is 0 Å². The topological polar surface area (TPSA) is 61.4 Å². The number of rotatable bonds is 10. The molecule has 5 nitrogen and oxygen atoms in total. The van der Waals surface area contributed by atoms with Crippen molar-refractivity contribution >= 4 is 23.4 Å². The van der Waals surface area contributed by atoms with E-state index in [1.165, 1.54) is 0 Å². The molecule has 2 atom stereocenters. The van der Waals surface area contributed by atoms with E-state index in [-0.39, 0.29) is 30.3 Å². The highest BCUT2D eigenvalue weighted by Crippen LogP contribution is 2.27. The standard InChI is InChI=1S/C23H30ClN3O2/c1-4-27(5-2)21(19-13-9-10-14-20(19)24)16-25-22(28)15-17(3)26-23(29)18-11-7-6-8-12-18/h6-14,17,21H,4-5,15-16H2,1-3H3,(H,25,28)(H,26,29). The van der Waals surface area contributed by atoms with Gasteiger partial charge in [-0.05, 0) is 43.8 Å². The zero-order valence-corrected chi connectivity index (χ0v) is 18.1. The van der Waals surface area contributed by atoms with Crippen molar-refractivity contribution in [3.63, 3.8) is 0 Å². The second-order valence-corrected chi connectivity index (χ2v) is 7.41. The lowest BCUT2D eigenvalue weighted by Gasteiger charge is -2.31. The van der Waals surface area contributed by atoms with Crippen LogP contribution in [0.1, 0.15) is 49.2 Å². The lowest BCUT2D eigenvalue weighted by atomic mass is 10.0. The molecule has 0 fully saturated rings. The largest absolute Gasteiger partial charge is 0.354 e. The fourth-order valence-electron chi connectivity index (χ4n) is 3.35. The van der Waals surface area contributed by atoms with Gasteiger partial charge < -0.3 is 10.6 Å². The third kappa shape index (κ3) is 6.87. The van der Waals surface area contributed by atoms with Crippen LogP contribution in [0, 0.1) is 0 Å². The molecule has 2 amide bonds. The molecule has 0 spiro atoms. The Kier molecular flexibility index (Phi) is 9.16. The predicted octanol–water partition coefficient (Wildman–Crippen LogP) is 4.05. The van der Waals surface area contributed by atoms with Gasteiger partial charge in [0.15, 0.2) is 0 Å². The second kappa shape index (κ2) is 11.6. The van der Waals surface area contributed by atoms with Crippen LogP contribution >= 0.6 is 11.6 Å². The van der Waals surface area contributed by atoms with E-state index in [1.807, 2.05) is 49.4 Å². The van der Waals surface area contributed by atoms with Crippen LogP contribution in [0.4, 0.5) is 0 Å². The lowest BCUT2D eigenvalue weighted by molar-refractivity contribution is -0.121. The number of nitrogens with one attached hydrogen (secondary N) is 2. The molecular formula is C23H30ClN3O2. The summed E-state index contributed by atoms with van der Waals surface area (Å²) < 4.78 is 0. The highest BCUT2D eigenvalue weighted by Gasteiger charge is 2.21. The average molecular weight is 416 g/mol. The summed E-state index contributed by atoms with van der Waals surface area (Å²) in [7, 11) is 0. The first-order chi connectivity index (χ1) is 14.0. The minimum Gasteiger partial charge on any atom is -0.354 e. The summed E-state index contributed by atoms with van der Waals surface area (Å²) in [5, 5.41) is 6.58. The van der Waals surface area contributed by atoms with Gasteiger partial charge in [0.2, 0.25) is 5.91 Å². The van der Waals surface area contributed by atoms with Crippen LogP contribution in [0.5, 0.6) is 0 Å². The second-order valence-electron chi connectivity index (χ2n) is 7.01. The first-order valence-electron chi connectivity index (χ1n) is 10.1. The van der Waals surface area contributed by atoms with E-state index in [0.717, 1.165) is 18.7 Å². The Morgan fingerprint density at radius 3 is 2.24 bits per heavy atom. The van der Waals surface area contributed by atoms with Gasteiger partial charge in [0, 0.05) is 29.6 Å². The number of nitrogens with zero attached hydrogens (tertiary/aromatic N) is 1. The molecule has 2 aromatic rings. The molecule has 29 heavy (non-hydrogen) atoms. The Morgan fingerprint density at radius 1 is 1.00 bits per heavy atom. The molecule has 2 rings (SSSR count). The maximum atomic E-state index is 12.5. The number of hydrogen-bond acceptors (Lipinski definition) is 3. The predicted molar refractivity (Wildman–Crippen MR) is 118 cm³/mol.